The molecule has 0 aliphatic rings. The molecule has 1 unspecified atom stereocenters. The van der Waals surface area contributed by atoms with E-state index in [9.17, 15) is 23.4 Å². The van der Waals surface area contributed by atoms with Crippen LogP contribution in [0.5, 0.6) is 0 Å². The summed E-state index contributed by atoms with van der Waals surface area (Å²) in [4.78, 5) is 3.51. The topological polar surface area (TPSA) is 83.2 Å². The number of pyridine rings is 1. The number of rotatable bonds is 5. The number of aliphatic hydroxyl groups excluding tert-OH is 1. The zero-order valence-corrected chi connectivity index (χ0v) is 16.5. The van der Waals surface area contributed by atoms with Gasteiger partial charge in [0.1, 0.15) is 5.69 Å². The SMILES string of the molecule is CC(C)n1cc2cc(NC(O)c3cccc(C(F)(F)F)n3)c(C(C)(C)O)cc2n1. The first-order chi connectivity index (χ1) is 13.4. The number of benzene rings is 1. The van der Waals surface area contributed by atoms with Gasteiger partial charge in [-0.2, -0.15) is 18.3 Å². The third kappa shape index (κ3) is 4.51. The van der Waals surface area contributed by atoms with E-state index in [0.29, 0.717) is 16.8 Å². The Labute approximate surface area is 166 Å². The first kappa shape index (κ1) is 21.1. The number of hydrogen-bond donors (Lipinski definition) is 3. The maximum Gasteiger partial charge on any atom is 0.433 e. The van der Waals surface area contributed by atoms with E-state index in [1.54, 1.807) is 30.7 Å². The molecule has 0 saturated heterocycles. The quantitative estimate of drug-likeness (QED) is 0.547. The van der Waals surface area contributed by atoms with Crippen LogP contribution in [-0.2, 0) is 11.8 Å². The Morgan fingerprint density at radius 1 is 1.14 bits per heavy atom. The monoisotopic (exact) mass is 408 g/mol. The van der Waals surface area contributed by atoms with Crippen molar-refractivity contribution in [2.24, 2.45) is 0 Å². The second-order valence-corrected chi connectivity index (χ2v) is 7.71. The van der Waals surface area contributed by atoms with Gasteiger partial charge in [0.05, 0.1) is 16.8 Å². The average Bonchev–Trinajstić information content (AvgIpc) is 3.03. The van der Waals surface area contributed by atoms with Crippen molar-refractivity contribution < 1.29 is 23.4 Å². The zero-order valence-electron chi connectivity index (χ0n) is 16.5. The number of halogens is 3. The lowest BCUT2D eigenvalue weighted by Crippen LogP contribution is -2.21. The normalized spacial score (nSPS) is 13.9. The summed E-state index contributed by atoms with van der Waals surface area (Å²) in [7, 11) is 0. The van der Waals surface area contributed by atoms with Crippen molar-refractivity contribution in [2.45, 2.75) is 51.7 Å². The van der Waals surface area contributed by atoms with E-state index >= 15 is 0 Å². The van der Waals surface area contributed by atoms with Gasteiger partial charge in [-0.3, -0.25) is 4.68 Å². The fourth-order valence-corrected chi connectivity index (χ4v) is 2.96. The van der Waals surface area contributed by atoms with E-state index in [1.165, 1.54) is 12.1 Å². The Bertz CT molecular complexity index is 1020. The van der Waals surface area contributed by atoms with Gasteiger partial charge < -0.3 is 15.5 Å². The minimum absolute atomic E-state index is 0.129. The maximum atomic E-state index is 12.9. The average molecular weight is 408 g/mol. The lowest BCUT2D eigenvalue weighted by atomic mass is 9.95. The molecule has 0 bridgehead atoms. The highest BCUT2D eigenvalue weighted by atomic mass is 19.4. The highest BCUT2D eigenvalue weighted by Gasteiger charge is 2.33. The zero-order chi connectivity index (χ0) is 21.6. The van der Waals surface area contributed by atoms with E-state index < -0.39 is 23.7 Å². The van der Waals surface area contributed by atoms with Gasteiger partial charge in [0, 0.05) is 28.9 Å². The van der Waals surface area contributed by atoms with E-state index in [1.807, 2.05) is 20.0 Å². The Morgan fingerprint density at radius 3 is 2.41 bits per heavy atom. The smallest absolute Gasteiger partial charge is 0.386 e. The van der Waals surface area contributed by atoms with Crippen molar-refractivity contribution in [2.75, 3.05) is 5.32 Å². The Hall–Kier alpha value is -2.65. The second kappa shape index (κ2) is 7.31. The maximum absolute atomic E-state index is 12.9. The Kier molecular flexibility index (Phi) is 5.31. The molecule has 6 nitrogen and oxygen atoms in total. The molecule has 0 spiro atoms. The summed E-state index contributed by atoms with van der Waals surface area (Å²) in [6.45, 7) is 7.11. The van der Waals surface area contributed by atoms with Crippen molar-refractivity contribution in [3.63, 3.8) is 0 Å². The number of aromatic nitrogens is 3. The third-order valence-electron chi connectivity index (χ3n) is 4.48. The summed E-state index contributed by atoms with van der Waals surface area (Å²) < 4.78 is 40.5. The molecule has 0 amide bonds. The molecule has 2 aromatic heterocycles. The summed E-state index contributed by atoms with van der Waals surface area (Å²) >= 11 is 0. The first-order valence-electron chi connectivity index (χ1n) is 9.11. The molecule has 3 aromatic rings. The van der Waals surface area contributed by atoms with E-state index in [4.69, 9.17) is 0 Å². The summed E-state index contributed by atoms with van der Waals surface area (Å²) in [5, 5.41) is 29.1. The largest absolute Gasteiger partial charge is 0.433 e. The van der Waals surface area contributed by atoms with Crippen LogP contribution in [0.15, 0.2) is 36.5 Å². The van der Waals surface area contributed by atoms with Crippen molar-refractivity contribution >= 4 is 16.6 Å². The van der Waals surface area contributed by atoms with Gasteiger partial charge in [-0.1, -0.05) is 6.07 Å². The molecule has 9 heteroatoms. The molecule has 1 aromatic carbocycles. The fraction of sp³-hybridized carbons (Fsp3) is 0.400. The van der Waals surface area contributed by atoms with Crippen LogP contribution in [0, 0.1) is 0 Å². The van der Waals surface area contributed by atoms with Gasteiger partial charge >= 0.3 is 6.18 Å². The van der Waals surface area contributed by atoms with Crippen LogP contribution >= 0.6 is 0 Å². The van der Waals surface area contributed by atoms with E-state index in [0.717, 1.165) is 11.5 Å². The van der Waals surface area contributed by atoms with Crippen LogP contribution in [0.3, 0.4) is 0 Å². The van der Waals surface area contributed by atoms with Crippen molar-refractivity contribution in [1.82, 2.24) is 14.8 Å². The summed E-state index contributed by atoms with van der Waals surface area (Å²) in [6.07, 6.45) is -4.29. The van der Waals surface area contributed by atoms with E-state index in [2.05, 4.69) is 15.4 Å². The summed E-state index contributed by atoms with van der Waals surface area (Å²) in [5.41, 5.74) is -1.07. The Balaban J connectivity index is 2.02. The lowest BCUT2D eigenvalue weighted by molar-refractivity contribution is -0.141. The number of nitrogens with zero attached hydrogens (tertiary/aromatic N) is 3. The number of alkyl halides is 3. The van der Waals surface area contributed by atoms with Crippen molar-refractivity contribution in [1.29, 1.82) is 0 Å². The number of nitrogens with one attached hydrogen (secondary N) is 1. The highest BCUT2D eigenvalue weighted by molar-refractivity contribution is 5.84. The molecule has 3 N–H and O–H groups in total. The van der Waals surface area contributed by atoms with Gasteiger partial charge in [-0.25, -0.2) is 4.98 Å². The number of fused-ring (bicyclic) bond motifs is 1. The molecule has 3 rings (SSSR count). The minimum atomic E-state index is -4.61. The molecule has 29 heavy (non-hydrogen) atoms. The van der Waals surface area contributed by atoms with Crippen molar-refractivity contribution in [3.05, 3.63) is 53.5 Å². The lowest BCUT2D eigenvalue weighted by Gasteiger charge is -2.24. The van der Waals surface area contributed by atoms with Crippen LogP contribution in [0.1, 0.15) is 56.9 Å². The predicted octanol–water partition coefficient (Wildman–Crippen LogP) is 4.36. The Morgan fingerprint density at radius 2 is 1.83 bits per heavy atom. The molecule has 0 radical (unpaired) electrons. The number of anilines is 1. The van der Waals surface area contributed by atoms with Gasteiger partial charge in [0.2, 0.25) is 0 Å². The summed E-state index contributed by atoms with van der Waals surface area (Å²) in [6, 6.07) is 6.85. The molecule has 0 aliphatic heterocycles. The van der Waals surface area contributed by atoms with Gasteiger partial charge in [-0.15, -0.1) is 0 Å². The van der Waals surface area contributed by atoms with Crippen LogP contribution in [0.4, 0.5) is 18.9 Å². The number of hydrogen-bond acceptors (Lipinski definition) is 5. The van der Waals surface area contributed by atoms with E-state index in [-0.39, 0.29) is 11.7 Å². The van der Waals surface area contributed by atoms with Crippen molar-refractivity contribution in [3.8, 4) is 0 Å². The van der Waals surface area contributed by atoms with Crippen LogP contribution in [0.25, 0.3) is 10.9 Å². The van der Waals surface area contributed by atoms with Gasteiger partial charge in [0.15, 0.2) is 6.23 Å². The molecule has 0 fully saturated rings. The molecular formula is C20H23F3N4O2. The first-order valence-corrected chi connectivity index (χ1v) is 9.11. The molecule has 156 valence electrons. The summed E-state index contributed by atoms with van der Waals surface area (Å²) in [5.74, 6) is 0. The highest BCUT2D eigenvalue weighted by Crippen LogP contribution is 2.34. The van der Waals surface area contributed by atoms with Crippen LogP contribution < -0.4 is 5.32 Å². The molecule has 2 heterocycles. The number of aliphatic hydroxyl groups is 2. The standard InChI is InChI=1S/C20H23F3N4O2/c1-11(2)27-10-12-8-16(13(19(3,4)29)9-15(12)26-27)25-18(28)14-6-5-7-17(24-14)20(21,22)23/h5-11,18,25,28-29H,1-4H3. The van der Waals surface area contributed by atoms with Gasteiger partial charge in [0.25, 0.3) is 0 Å². The third-order valence-corrected chi connectivity index (χ3v) is 4.48. The molecule has 0 saturated carbocycles. The van der Waals surface area contributed by atoms with Crippen LogP contribution in [0.2, 0.25) is 0 Å². The van der Waals surface area contributed by atoms with Crippen LogP contribution in [-0.4, -0.2) is 25.0 Å². The van der Waals surface area contributed by atoms with Gasteiger partial charge in [-0.05, 0) is 52.0 Å². The second-order valence-electron chi connectivity index (χ2n) is 7.71. The minimum Gasteiger partial charge on any atom is -0.386 e. The molecular weight excluding hydrogens is 385 g/mol. The molecule has 0 aliphatic carbocycles. The molecule has 1 atom stereocenters. The predicted molar refractivity (Wildman–Crippen MR) is 103 cm³/mol. The fourth-order valence-electron chi connectivity index (χ4n) is 2.96.